The highest BCUT2D eigenvalue weighted by atomic mass is 16.5. The first-order valence-electron chi connectivity index (χ1n) is 14.8. The number of para-hydroxylation sites is 1. The normalized spacial score (nSPS) is 25.4. The van der Waals surface area contributed by atoms with Gasteiger partial charge in [0.25, 0.3) is 5.91 Å². The van der Waals surface area contributed by atoms with E-state index in [-0.39, 0.29) is 49.1 Å². The molecule has 2 aliphatic heterocycles. The third-order valence-corrected chi connectivity index (χ3v) is 8.49. The third kappa shape index (κ3) is 7.33. The third-order valence-electron chi connectivity index (χ3n) is 8.49. The van der Waals surface area contributed by atoms with Crippen LogP contribution in [0.25, 0.3) is 0 Å². The molecule has 4 rings (SSSR count). The van der Waals surface area contributed by atoms with Crippen molar-refractivity contribution in [2.45, 2.75) is 82.8 Å². The molecular formula is C30H45N5O5. The van der Waals surface area contributed by atoms with Crippen molar-refractivity contribution in [1.29, 1.82) is 0 Å². The van der Waals surface area contributed by atoms with Gasteiger partial charge in [-0.15, -0.1) is 0 Å². The topological polar surface area (TPSA) is 120 Å². The van der Waals surface area contributed by atoms with Crippen molar-refractivity contribution >= 4 is 23.6 Å². The van der Waals surface area contributed by atoms with E-state index in [1.165, 1.54) is 0 Å². The van der Waals surface area contributed by atoms with Gasteiger partial charge in [-0.25, -0.2) is 0 Å². The van der Waals surface area contributed by atoms with Gasteiger partial charge in [0, 0.05) is 26.1 Å². The lowest BCUT2D eigenvalue weighted by Gasteiger charge is -2.38. The minimum Gasteiger partial charge on any atom is -0.491 e. The summed E-state index contributed by atoms with van der Waals surface area (Å²) in [6.45, 7) is 6.98. The second-order valence-electron chi connectivity index (χ2n) is 11.9. The molecule has 4 amide bonds. The van der Waals surface area contributed by atoms with Gasteiger partial charge in [-0.05, 0) is 57.3 Å². The van der Waals surface area contributed by atoms with Crippen LogP contribution in [0.2, 0.25) is 0 Å². The molecule has 0 bridgehead atoms. The largest absolute Gasteiger partial charge is 0.491 e. The molecule has 0 radical (unpaired) electrons. The zero-order valence-electron chi connectivity index (χ0n) is 24.2. The molecule has 1 aromatic rings. The van der Waals surface area contributed by atoms with Crippen molar-refractivity contribution in [2.24, 2.45) is 5.92 Å². The van der Waals surface area contributed by atoms with Gasteiger partial charge in [-0.3, -0.25) is 19.2 Å². The molecular weight excluding hydrogens is 510 g/mol. The minimum atomic E-state index is -0.987. The maximum Gasteiger partial charge on any atom is 0.255 e. The SMILES string of the molecule is CC(C)[C@@H]1COc2ccccc2C(=O)N[C@H](C(=O)N2CCCN(C)CC2)CCC(=O)NC2(CCCCC2)C(=O)N1. The molecule has 40 heavy (non-hydrogen) atoms. The molecule has 1 aliphatic carbocycles. The van der Waals surface area contributed by atoms with E-state index in [4.69, 9.17) is 4.74 Å². The van der Waals surface area contributed by atoms with Crippen molar-refractivity contribution in [3.8, 4) is 5.75 Å². The Hall–Kier alpha value is -3.14. The molecule has 0 unspecified atom stereocenters. The summed E-state index contributed by atoms with van der Waals surface area (Å²) >= 11 is 0. The van der Waals surface area contributed by atoms with E-state index in [1.807, 2.05) is 20.9 Å². The molecule has 2 fully saturated rings. The van der Waals surface area contributed by atoms with Crippen molar-refractivity contribution in [3.63, 3.8) is 0 Å². The fourth-order valence-corrected chi connectivity index (χ4v) is 5.82. The van der Waals surface area contributed by atoms with Gasteiger partial charge in [0.2, 0.25) is 17.7 Å². The maximum atomic E-state index is 13.7. The van der Waals surface area contributed by atoms with E-state index >= 15 is 0 Å². The lowest BCUT2D eigenvalue weighted by atomic mass is 9.80. The van der Waals surface area contributed by atoms with Crippen LogP contribution in [0.1, 0.15) is 75.6 Å². The molecule has 2 atom stereocenters. The molecule has 2 heterocycles. The van der Waals surface area contributed by atoms with Crippen LogP contribution >= 0.6 is 0 Å². The zero-order chi connectivity index (χ0) is 28.7. The van der Waals surface area contributed by atoms with Crippen LogP contribution in [-0.4, -0.2) is 90.9 Å². The first kappa shape index (κ1) is 29.8. The average molecular weight is 556 g/mol. The summed E-state index contributed by atoms with van der Waals surface area (Å²) in [5.74, 6) is -0.645. The Balaban J connectivity index is 1.64. The van der Waals surface area contributed by atoms with E-state index in [2.05, 4.69) is 20.9 Å². The monoisotopic (exact) mass is 555 g/mol. The summed E-state index contributed by atoms with van der Waals surface area (Å²) in [6, 6.07) is 5.73. The number of benzene rings is 1. The van der Waals surface area contributed by atoms with Crippen molar-refractivity contribution in [1.82, 2.24) is 25.8 Å². The summed E-state index contributed by atoms with van der Waals surface area (Å²) in [4.78, 5) is 58.2. The Labute approximate surface area is 237 Å². The Bertz CT molecular complexity index is 1070. The van der Waals surface area contributed by atoms with E-state index in [0.717, 1.165) is 38.8 Å². The lowest BCUT2D eigenvalue weighted by molar-refractivity contribution is -0.137. The number of nitrogens with one attached hydrogen (secondary N) is 3. The van der Waals surface area contributed by atoms with Gasteiger partial charge in [0.1, 0.15) is 23.9 Å². The summed E-state index contributed by atoms with van der Waals surface area (Å²) in [5.41, 5.74) is -0.675. The van der Waals surface area contributed by atoms with E-state index in [9.17, 15) is 19.2 Å². The van der Waals surface area contributed by atoms with Crippen LogP contribution in [0.5, 0.6) is 5.75 Å². The van der Waals surface area contributed by atoms with Crippen LogP contribution < -0.4 is 20.7 Å². The first-order valence-corrected chi connectivity index (χ1v) is 14.8. The minimum absolute atomic E-state index is 0.0191. The maximum absolute atomic E-state index is 13.7. The van der Waals surface area contributed by atoms with Gasteiger partial charge in [-0.2, -0.15) is 0 Å². The number of rotatable bonds is 2. The van der Waals surface area contributed by atoms with Crippen LogP contribution in [0, 0.1) is 5.92 Å². The van der Waals surface area contributed by atoms with Crippen molar-refractivity contribution < 1.29 is 23.9 Å². The number of likely N-dealkylation sites (N-methyl/N-ethyl adjacent to an activating group) is 1. The van der Waals surface area contributed by atoms with Crippen LogP contribution in [0.4, 0.5) is 0 Å². The fraction of sp³-hybridized carbons (Fsp3) is 0.667. The predicted molar refractivity (Wildman–Crippen MR) is 152 cm³/mol. The number of hydrogen-bond donors (Lipinski definition) is 3. The molecule has 10 heteroatoms. The van der Waals surface area contributed by atoms with Crippen LogP contribution in [-0.2, 0) is 14.4 Å². The highest BCUT2D eigenvalue weighted by Crippen LogP contribution is 2.29. The number of nitrogens with zero attached hydrogens (tertiary/aromatic N) is 2. The van der Waals surface area contributed by atoms with Crippen molar-refractivity contribution in [2.75, 3.05) is 39.8 Å². The lowest BCUT2D eigenvalue weighted by Crippen LogP contribution is -2.62. The summed E-state index contributed by atoms with van der Waals surface area (Å²) < 4.78 is 6.13. The second kappa shape index (κ2) is 13.5. The van der Waals surface area contributed by atoms with E-state index in [1.54, 1.807) is 29.2 Å². The van der Waals surface area contributed by atoms with Crippen molar-refractivity contribution in [3.05, 3.63) is 29.8 Å². The Morgan fingerprint density at radius 2 is 1.73 bits per heavy atom. The molecule has 220 valence electrons. The molecule has 1 spiro atoms. The number of fused-ring (bicyclic) bond motifs is 1. The molecule has 0 aromatic heterocycles. The quantitative estimate of drug-likeness (QED) is 0.514. The Kier molecular flexibility index (Phi) is 10.1. The number of ether oxygens (including phenoxy) is 1. The second-order valence-corrected chi connectivity index (χ2v) is 11.9. The molecule has 3 aliphatic rings. The number of amides is 4. The van der Waals surface area contributed by atoms with Crippen LogP contribution in [0.3, 0.4) is 0 Å². The van der Waals surface area contributed by atoms with Gasteiger partial charge in [0.05, 0.1) is 11.6 Å². The van der Waals surface area contributed by atoms with E-state index in [0.29, 0.717) is 37.2 Å². The summed E-state index contributed by atoms with van der Waals surface area (Å²) in [5, 5.41) is 9.12. The average Bonchev–Trinajstić information content (AvgIpc) is 3.17. The highest BCUT2D eigenvalue weighted by Gasteiger charge is 2.42. The van der Waals surface area contributed by atoms with Gasteiger partial charge < -0.3 is 30.5 Å². The smallest absolute Gasteiger partial charge is 0.255 e. The van der Waals surface area contributed by atoms with Crippen LogP contribution in [0.15, 0.2) is 24.3 Å². The molecule has 3 N–H and O–H groups in total. The zero-order valence-corrected chi connectivity index (χ0v) is 24.2. The van der Waals surface area contributed by atoms with Gasteiger partial charge in [0.15, 0.2) is 0 Å². The Morgan fingerprint density at radius 1 is 0.975 bits per heavy atom. The number of carbonyl (C=O) groups excluding carboxylic acids is 4. The molecule has 1 aromatic carbocycles. The fourth-order valence-electron chi connectivity index (χ4n) is 5.82. The number of carbonyl (C=O) groups is 4. The standard InChI is InChI=1S/C30H45N5O5/c1-21(2)24-20-40-25-11-6-5-10-22(25)27(37)31-23(28(38)35-17-9-16-34(3)18-19-35)12-13-26(36)33-30(29(39)32-24)14-7-4-8-15-30/h5-6,10-11,21,23-24H,4,7-9,12-20H2,1-3H3,(H,31,37)(H,32,39)(H,33,36)/t23-,24-/m0/s1. The molecule has 1 saturated carbocycles. The predicted octanol–water partition coefficient (Wildman–Crippen LogP) is 2.08. The first-order chi connectivity index (χ1) is 19.2. The summed E-state index contributed by atoms with van der Waals surface area (Å²) in [7, 11) is 2.03. The number of hydrogen-bond acceptors (Lipinski definition) is 6. The highest BCUT2D eigenvalue weighted by molar-refractivity contribution is 6.00. The van der Waals surface area contributed by atoms with E-state index < -0.39 is 17.5 Å². The Morgan fingerprint density at radius 3 is 2.48 bits per heavy atom. The molecule has 1 saturated heterocycles. The van der Waals surface area contributed by atoms with Gasteiger partial charge >= 0.3 is 0 Å². The summed E-state index contributed by atoms with van der Waals surface area (Å²) in [6.07, 6.45) is 4.86. The molecule has 10 nitrogen and oxygen atoms in total. The van der Waals surface area contributed by atoms with Gasteiger partial charge in [-0.1, -0.05) is 45.2 Å².